The molecule has 0 spiro atoms. The lowest BCUT2D eigenvalue weighted by atomic mass is 9.90. The second-order valence-corrected chi connectivity index (χ2v) is 10.3. The van der Waals surface area contributed by atoms with Crippen LogP contribution in [0.2, 0.25) is 0 Å². The summed E-state index contributed by atoms with van der Waals surface area (Å²) in [5, 5.41) is 4.82. The molecule has 4 heteroatoms. The molecule has 0 aliphatic rings. The summed E-state index contributed by atoms with van der Waals surface area (Å²) in [6.45, 7) is 13.4. The van der Waals surface area contributed by atoms with Gasteiger partial charge in [-0.2, -0.15) is 0 Å². The maximum atomic E-state index is 5.04. The van der Waals surface area contributed by atoms with Crippen molar-refractivity contribution in [2.75, 3.05) is 5.32 Å². The molecule has 2 aromatic carbocycles. The molecular formula is C27H31N3S. The van der Waals surface area contributed by atoms with Gasteiger partial charge in [-0.1, -0.05) is 64.1 Å². The Hall–Kier alpha value is -2.72. The van der Waals surface area contributed by atoms with Gasteiger partial charge in [-0.25, -0.2) is 9.97 Å². The van der Waals surface area contributed by atoms with E-state index in [1.165, 1.54) is 21.5 Å². The largest absolute Gasteiger partial charge is 0.374 e. The van der Waals surface area contributed by atoms with E-state index in [9.17, 15) is 0 Å². The first-order chi connectivity index (χ1) is 14.8. The van der Waals surface area contributed by atoms with Crippen LogP contribution in [-0.2, 0) is 5.54 Å². The zero-order valence-corrected chi connectivity index (χ0v) is 20.0. The summed E-state index contributed by atoms with van der Waals surface area (Å²) < 4.78 is 1.19. The average molecular weight is 430 g/mol. The summed E-state index contributed by atoms with van der Waals surface area (Å²) in [7, 11) is 0. The van der Waals surface area contributed by atoms with Crippen molar-refractivity contribution in [1.29, 1.82) is 0 Å². The van der Waals surface area contributed by atoms with Gasteiger partial charge in [0.05, 0.1) is 27.1 Å². The third-order valence-corrected chi connectivity index (χ3v) is 6.77. The van der Waals surface area contributed by atoms with Crippen LogP contribution in [0.5, 0.6) is 0 Å². The number of rotatable bonds is 6. The number of fused-ring (bicyclic) bond motifs is 1. The first-order valence-corrected chi connectivity index (χ1v) is 11.8. The Labute approximate surface area is 189 Å². The number of benzene rings is 2. The van der Waals surface area contributed by atoms with E-state index in [1.54, 1.807) is 11.3 Å². The van der Waals surface area contributed by atoms with E-state index in [0.717, 1.165) is 21.9 Å². The van der Waals surface area contributed by atoms with E-state index < -0.39 is 0 Å². The van der Waals surface area contributed by atoms with E-state index >= 15 is 0 Å². The van der Waals surface area contributed by atoms with Gasteiger partial charge in [-0.3, -0.25) is 0 Å². The number of pyridine rings is 1. The second-order valence-electron chi connectivity index (χ2n) is 9.27. The molecule has 0 bridgehead atoms. The summed E-state index contributed by atoms with van der Waals surface area (Å²) in [6, 6.07) is 21.2. The lowest BCUT2D eigenvalue weighted by Gasteiger charge is -2.31. The molecule has 0 saturated carbocycles. The quantitative estimate of drug-likeness (QED) is 0.338. The number of nitrogens with zero attached hydrogens (tertiary/aromatic N) is 2. The zero-order chi connectivity index (χ0) is 22.2. The molecule has 3 nitrogen and oxygen atoms in total. The first kappa shape index (κ1) is 21.5. The molecule has 0 fully saturated rings. The van der Waals surface area contributed by atoms with Crippen LogP contribution in [-0.4, -0.2) is 9.97 Å². The summed E-state index contributed by atoms with van der Waals surface area (Å²) in [5.74, 6) is 0.887. The third kappa shape index (κ3) is 4.35. The van der Waals surface area contributed by atoms with Crippen LogP contribution in [0.1, 0.15) is 70.2 Å². The minimum atomic E-state index is -0.332. The average Bonchev–Trinajstić information content (AvgIpc) is 3.18. The van der Waals surface area contributed by atoms with E-state index in [0.29, 0.717) is 11.8 Å². The molecule has 4 aromatic rings. The summed E-state index contributed by atoms with van der Waals surface area (Å²) >= 11 is 1.69. The Morgan fingerprint density at radius 1 is 0.774 bits per heavy atom. The molecular weight excluding hydrogens is 398 g/mol. The normalized spacial score (nSPS) is 12.1. The van der Waals surface area contributed by atoms with Crippen molar-refractivity contribution in [3.63, 3.8) is 0 Å². The monoisotopic (exact) mass is 429 g/mol. The van der Waals surface area contributed by atoms with Crippen LogP contribution in [0.3, 0.4) is 0 Å². The molecule has 2 heterocycles. The molecule has 2 aromatic heterocycles. The smallest absolute Gasteiger partial charge is 0.143 e. The maximum Gasteiger partial charge on any atom is 0.143 e. The van der Waals surface area contributed by atoms with Crippen LogP contribution in [0.15, 0.2) is 60.7 Å². The highest BCUT2D eigenvalue weighted by atomic mass is 32.1. The van der Waals surface area contributed by atoms with Crippen LogP contribution in [0.4, 0.5) is 5.69 Å². The predicted molar refractivity (Wildman–Crippen MR) is 134 cm³/mol. The lowest BCUT2D eigenvalue weighted by molar-refractivity contribution is 0.584. The van der Waals surface area contributed by atoms with Crippen molar-refractivity contribution in [3.05, 3.63) is 77.5 Å². The summed E-state index contributed by atoms with van der Waals surface area (Å²) in [5.41, 5.74) is 6.57. The Balaban J connectivity index is 1.73. The minimum Gasteiger partial charge on any atom is -0.374 e. The number of nitrogens with one attached hydrogen (secondary N) is 1. The van der Waals surface area contributed by atoms with Crippen LogP contribution in [0, 0.1) is 0 Å². The minimum absolute atomic E-state index is 0.332. The van der Waals surface area contributed by atoms with Crippen molar-refractivity contribution in [2.24, 2.45) is 0 Å². The van der Waals surface area contributed by atoms with Crippen LogP contribution in [0.25, 0.3) is 20.9 Å². The zero-order valence-electron chi connectivity index (χ0n) is 19.2. The number of para-hydroxylation sites is 2. The van der Waals surface area contributed by atoms with Crippen molar-refractivity contribution >= 4 is 27.2 Å². The molecule has 0 amide bonds. The van der Waals surface area contributed by atoms with Crippen LogP contribution < -0.4 is 5.32 Å². The second kappa shape index (κ2) is 8.43. The molecule has 4 rings (SSSR count). The molecule has 0 aliphatic carbocycles. The van der Waals surface area contributed by atoms with Gasteiger partial charge < -0.3 is 5.32 Å². The highest BCUT2D eigenvalue weighted by molar-refractivity contribution is 7.21. The van der Waals surface area contributed by atoms with Crippen molar-refractivity contribution < 1.29 is 0 Å². The fourth-order valence-electron chi connectivity index (χ4n) is 3.96. The molecule has 160 valence electrons. The van der Waals surface area contributed by atoms with Crippen LogP contribution >= 0.6 is 11.3 Å². The van der Waals surface area contributed by atoms with E-state index in [2.05, 4.69) is 101 Å². The van der Waals surface area contributed by atoms with Crippen molar-refractivity contribution in [2.45, 2.75) is 58.9 Å². The highest BCUT2D eigenvalue weighted by Gasteiger charge is 2.26. The van der Waals surface area contributed by atoms with Gasteiger partial charge in [-0.15, -0.1) is 11.3 Å². The topological polar surface area (TPSA) is 37.8 Å². The highest BCUT2D eigenvalue weighted by Crippen LogP contribution is 2.37. The van der Waals surface area contributed by atoms with Gasteiger partial charge in [0.15, 0.2) is 0 Å². The molecule has 1 N–H and O–H groups in total. The predicted octanol–water partition coefficient (Wildman–Crippen LogP) is 7.95. The standard InChI is InChI=1S/C27H31N3S/c1-17(2)19-11-9-12-20(18(3)4)25(19)30-27(5,6)24-16-10-14-22(28-24)26-29-21-13-7-8-15-23(21)31-26/h7-18,30H,1-6H3. The van der Waals surface area contributed by atoms with Gasteiger partial charge in [0.25, 0.3) is 0 Å². The molecule has 0 saturated heterocycles. The summed E-state index contributed by atoms with van der Waals surface area (Å²) in [6.07, 6.45) is 0. The van der Waals surface area contributed by atoms with Crippen molar-refractivity contribution in [3.8, 4) is 10.7 Å². The fourth-order valence-corrected chi connectivity index (χ4v) is 4.89. The van der Waals surface area contributed by atoms with Gasteiger partial charge >= 0.3 is 0 Å². The fraction of sp³-hybridized carbons (Fsp3) is 0.333. The first-order valence-electron chi connectivity index (χ1n) is 11.0. The maximum absolute atomic E-state index is 5.04. The van der Waals surface area contributed by atoms with Gasteiger partial charge in [0.1, 0.15) is 5.01 Å². The van der Waals surface area contributed by atoms with E-state index in [-0.39, 0.29) is 5.54 Å². The number of aromatic nitrogens is 2. The number of anilines is 1. The Bertz CT molecular complexity index is 1140. The number of hydrogen-bond donors (Lipinski definition) is 1. The van der Waals surface area contributed by atoms with E-state index in [4.69, 9.17) is 9.97 Å². The van der Waals surface area contributed by atoms with Gasteiger partial charge in [0, 0.05) is 5.69 Å². The van der Waals surface area contributed by atoms with Gasteiger partial charge in [-0.05, 0) is 61.1 Å². The molecule has 31 heavy (non-hydrogen) atoms. The number of hydrogen-bond acceptors (Lipinski definition) is 4. The Morgan fingerprint density at radius 3 is 2.06 bits per heavy atom. The Kier molecular flexibility index (Phi) is 5.85. The number of thiazole rings is 1. The molecule has 0 aliphatic heterocycles. The molecule has 0 radical (unpaired) electrons. The van der Waals surface area contributed by atoms with Crippen molar-refractivity contribution in [1.82, 2.24) is 9.97 Å². The van der Waals surface area contributed by atoms with E-state index in [1.807, 2.05) is 6.07 Å². The summed E-state index contributed by atoms with van der Waals surface area (Å²) in [4.78, 5) is 9.84. The Morgan fingerprint density at radius 2 is 1.42 bits per heavy atom. The third-order valence-electron chi connectivity index (χ3n) is 5.71. The SMILES string of the molecule is CC(C)c1cccc(C(C)C)c1NC(C)(C)c1cccc(-c2nc3ccccc3s2)n1. The lowest BCUT2D eigenvalue weighted by Crippen LogP contribution is -2.30. The molecule has 0 atom stereocenters. The molecule has 0 unspecified atom stereocenters. The van der Waals surface area contributed by atoms with Gasteiger partial charge in [0.2, 0.25) is 0 Å².